The first-order chi connectivity index (χ1) is 10.4. The zero-order valence-electron chi connectivity index (χ0n) is 12.6. The number of nitrogens with zero attached hydrogens (tertiary/aromatic N) is 2. The van der Waals surface area contributed by atoms with Crippen LogP contribution in [0.5, 0.6) is 0 Å². The summed E-state index contributed by atoms with van der Waals surface area (Å²) in [6.07, 6.45) is 6.33. The highest BCUT2D eigenvalue weighted by Gasteiger charge is 1.97. The first kappa shape index (κ1) is 15.2. The fourth-order valence-electron chi connectivity index (χ4n) is 2.19. The van der Waals surface area contributed by atoms with Gasteiger partial charge in [0.05, 0.1) is 0 Å². The molecule has 1 aromatic carbocycles. The van der Waals surface area contributed by atoms with Gasteiger partial charge < -0.3 is 15.2 Å². The smallest absolute Gasteiger partial charge is 0.191 e. The topological polar surface area (TPSA) is 41.4 Å². The highest BCUT2D eigenvalue weighted by Crippen LogP contribution is 2.01. The molecule has 0 fully saturated rings. The molecular weight excluding hydrogens is 260 g/mol. The zero-order valence-corrected chi connectivity index (χ0v) is 12.6. The number of rotatable bonds is 7. The average molecular weight is 284 g/mol. The molecule has 0 atom stereocenters. The summed E-state index contributed by atoms with van der Waals surface area (Å²) >= 11 is 0. The highest BCUT2D eigenvalue weighted by molar-refractivity contribution is 5.79. The molecule has 0 saturated heterocycles. The van der Waals surface area contributed by atoms with Gasteiger partial charge in [-0.25, -0.2) is 0 Å². The van der Waals surface area contributed by atoms with Crippen molar-refractivity contribution < 1.29 is 0 Å². The second-order valence-corrected chi connectivity index (χ2v) is 4.94. The summed E-state index contributed by atoms with van der Waals surface area (Å²) in [5.41, 5.74) is 1.38. The Morgan fingerprint density at radius 1 is 1.00 bits per heavy atom. The Hall–Kier alpha value is -2.23. The van der Waals surface area contributed by atoms with Gasteiger partial charge in [-0.05, 0) is 30.5 Å². The van der Waals surface area contributed by atoms with Gasteiger partial charge in [0, 0.05) is 39.1 Å². The maximum Gasteiger partial charge on any atom is 0.191 e. The summed E-state index contributed by atoms with van der Waals surface area (Å²) in [5.74, 6) is 0.871. The molecule has 1 heterocycles. The molecule has 112 valence electrons. The van der Waals surface area contributed by atoms with Crippen LogP contribution in [-0.2, 0) is 13.0 Å². The molecule has 21 heavy (non-hydrogen) atoms. The van der Waals surface area contributed by atoms with Crippen molar-refractivity contribution in [2.75, 3.05) is 20.1 Å². The lowest BCUT2D eigenvalue weighted by Crippen LogP contribution is -2.39. The molecule has 0 aliphatic heterocycles. The molecule has 1 aromatic heterocycles. The molecule has 4 nitrogen and oxygen atoms in total. The third kappa shape index (κ3) is 5.73. The lowest BCUT2D eigenvalue weighted by molar-refractivity contribution is 0.661. The van der Waals surface area contributed by atoms with Crippen LogP contribution in [0.4, 0.5) is 0 Å². The summed E-state index contributed by atoms with van der Waals surface area (Å²) in [7, 11) is 1.81. The third-order valence-electron chi connectivity index (χ3n) is 3.33. The van der Waals surface area contributed by atoms with E-state index in [1.165, 1.54) is 5.56 Å². The van der Waals surface area contributed by atoms with Gasteiger partial charge in [-0.3, -0.25) is 4.99 Å². The van der Waals surface area contributed by atoms with Crippen LogP contribution in [0.15, 0.2) is 59.9 Å². The molecule has 0 bridgehead atoms. The average Bonchev–Trinajstić information content (AvgIpc) is 3.04. The standard InChI is InChI=1S/C17H24N4/c1-18-17(20-12-15-21-13-5-6-14-21)19-11-7-10-16-8-3-2-4-9-16/h2-6,8-9,13-14H,7,10-12,15H2,1H3,(H2,18,19,20). The molecule has 2 N–H and O–H groups in total. The normalized spacial score (nSPS) is 11.4. The maximum atomic E-state index is 4.24. The molecule has 0 amide bonds. The van der Waals surface area contributed by atoms with E-state index >= 15 is 0 Å². The van der Waals surface area contributed by atoms with Crippen LogP contribution in [-0.4, -0.2) is 30.7 Å². The first-order valence-corrected chi connectivity index (χ1v) is 7.47. The number of aliphatic imine (C=N–C) groups is 1. The summed E-state index contributed by atoms with van der Waals surface area (Å²) in [4.78, 5) is 4.24. The molecule has 4 heteroatoms. The van der Waals surface area contributed by atoms with E-state index in [9.17, 15) is 0 Å². The van der Waals surface area contributed by atoms with Gasteiger partial charge >= 0.3 is 0 Å². The Balaban J connectivity index is 1.59. The second kappa shape index (κ2) is 8.84. The van der Waals surface area contributed by atoms with Crippen LogP contribution < -0.4 is 10.6 Å². The van der Waals surface area contributed by atoms with Crippen LogP contribution in [0.1, 0.15) is 12.0 Å². The summed E-state index contributed by atoms with van der Waals surface area (Å²) in [6, 6.07) is 14.6. The van der Waals surface area contributed by atoms with Gasteiger partial charge in [0.1, 0.15) is 0 Å². The van der Waals surface area contributed by atoms with Crippen molar-refractivity contribution in [1.29, 1.82) is 0 Å². The van der Waals surface area contributed by atoms with Crippen molar-refractivity contribution in [2.45, 2.75) is 19.4 Å². The van der Waals surface area contributed by atoms with E-state index in [4.69, 9.17) is 0 Å². The minimum Gasteiger partial charge on any atom is -0.356 e. The Kier molecular flexibility index (Phi) is 6.39. The van der Waals surface area contributed by atoms with E-state index in [0.29, 0.717) is 0 Å². The number of benzene rings is 1. The van der Waals surface area contributed by atoms with Gasteiger partial charge in [-0.1, -0.05) is 30.3 Å². The van der Waals surface area contributed by atoms with Gasteiger partial charge in [-0.15, -0.1) is 0 Å². The molecule has 0 spiro atoms. The van der Waals surface area contributed by atoms with Crippen LogP contribution in [0.25, 0.3) is 0 Å². The van der Waals surface area contributed by atoms with Crippen molar-refractivity contribution in [1.82, 2.24) is 15.2 Å². The number of nitrogens with one attached hydrogen (secondary N) is 2. The zero-order chi connectivity index (χ0) is 14.8. The summed E-state index contributed by atoms with van der Waals surface area (Å²) in [6.45, 7) is 2.74. The maximum absolute atomic E-state index is 4.24. The fourth-order valence-corrected chi connectivity index (χ4v) is 2.19. The molecule has 2 aromatic rings. The van der Waals surface area contributed by atoms with Crippen molar-refractivity contribution >= 4 is 5.96 Å². The van der Waals surface area contributed by atoms with E-state index in [1.807, 2.05) is 19.2 Å². The molecule has 0 aliphatic carbocycles. The van der Waals surface area contributed by atoms with E-state index < -0.39 is 0 Å². The minimum atomic E-state index is 0.868. The largest absolute Gasteiger partial charge is 0.356 e. The Bertz CT molecular complexity index is 517. The van der Waals surface area contributed by atoms with E-state index in [-0.39, 0.29) is 0 Å². The van der Waals surface area contributed by atoms with Crippen molar-refractivity contribution in [3.05, 3.63) is 60.4 Å². The van der Waals surface area contributed by atoms with E-state index in [2.05, 4.69) is 62.9 Å². The summed E-state index contributed by atoms with van der Waals surface area (Å²) in [5, 5.41) is 6.67. The van der Waals surface area contributed by atoms with Gasteiger partial charge in [0.25, 0.3) is 0 Å². The lowest BCUT2D eigenvalue weighted by Gasteiger charge is -2.12. The summed E-state index contributed by atoms with van der Waals surface area (Å²) < 4.78 is 2.15. The van der Waals surface area contributed by atoms with Gasteiger partial charge in [-0.2, -0.15) is 0 Å². The Morgan fingerprint density at radius 2 is 1.71 bits per heavy atom. The van der Waals surface area contributed by atoms with Crippen LogP contribution in [0.2, 0.25) is 0 Å². The minimum absolute atomic E-state index is 0.868. The first-order valence-electron chi connectivity index (χ1n) is 7.47. The molecule has 0 aliphatic rings. The number of aryl methyl sites for hydroxylation is 1. The van der Waals surface area contributed by atoms with Crippen LogP contribution in [0, 0.1) is 0 Å². The number of guanidine groups is 1. The molecule has 2 rings (SSSR count). The second-order valence-electron chi connectivity index (χ2n) is 4.94. The Labute approximate surface area is 126 Å². The number of hydrogen-bond donors (Lipinski definition) is 2. The predicted molar refractivity (Wildman–Crippen MR) is 88.6 cm³/mol. The quantitative estimate of drug-likeness (QED) is 0.465. The highest BCUT2D eigenvalue weighted by atomic mass is 15.2. The molecule has 0 radical (unpaired) electrons. The van der Waals surface area contributed by atoms with Gasteiger partial charge in [0.2, 0.25) is 0 Å². The van der Waals surface area contributed by atoms with E-state index in [1.54, 1.807) is 0 Å². The van der Waals surface area contributed by atoms with Crippen LogP contribution in [0.3, 0.4) is 0 Å². The molecule has 0 unspecified atom stereocenters. The van der Waals surface area contributed by atoms with Crippen molar-refractivity contribution in [3.63, 3.8) is 0 Å². The van der Waals surface area contributed by atoms with Gasteiger partial charge in [0.15, 0.2) is 5.96 Å². The Morgan fingerprint density at radius 3 is 2.43 bits per heavy atom. The van der Waals surface area contributed by atoms with Crippen molar-refractivity contribution in [3.8, 4) is 0 Å². The molecular formula is C17H24N4. The fraction of sp³-hybridized carbons (Fsp3) is 0.353. The SMILES string of the molecule is CN=C(NCCCc1ccccc1)NCCn1cccc1. The number of hydrogen-bond acceptors (Lipinski definition) is 1. The molecule has 0 saturated carbocycles. The van der Waals surface area contributed by atoms with Crippen LogP contribution >= 0.6 is 0 Å². The third-order valence-corrected chi connectivity index (χ3v) is 3.33. The van der Waals surface area contributed by atoms with Crippen molar-refractivity contribution in [2.24, 2.45) is 4.99 Å². The lowest BCUT2D eigenvalue weighted by atomic mass is 10.1. The predicted octanol–water partition coefficient (Wildman–Crippen LogP) is 2.29. The number of aromatic nitrogens is 1. The monoisotopic (exact) mass is 284 g/mol. The van der Waals surface area contributed by atoms with E-state index in [0.717, 1.165) is 38.4 Å².